The smallest absolute Gasteiger partial charge is 0.407 e. The summed E-state index contributed by atoms with van der Waals surface area (Å²) < 4.78 is 78.1. The number of aromatic nitrogens is 3. The number of rotatable bonds is 9. The molecule has 0 unspecified atom stereocenters. The van der Waals surface area contributed by atoms with Crippen LogP contribution in [-0.2, 0) is 15.8 Å². The molecule has 6 rings (SSSR count). The van der Waals surface area contributed by atoms with Gasteiger partial charge in [0, 0.05) is 47.9 Å². The first-order chi connectivity index (χ1) is 23.0. The van der Waals surface area contributed by atoms with Gasteiger partial charge < -0.3 is 20.1 Å². The molecule has 2 aromatic heterocycles. The first-order valence-electron chi connectivity index (χ1n) is 14.8. The molecule has 3 heterocycles. The number of nitrogens with one attached hydrogen (secondary N) is 2. The van der Waals surface area contributed by atoms with Crippen molar-refractivity contribution in [2.24, 2.45) is 0 Å². The Bertz CT molecular complexity index is 2120. The van der Waals surface area contributed by atoms with E-state index in [2.05, 4.69) is 25.0 Å². The van der Waals surface area contributed by atoms with Crippen molar-refractivity contribution in [1.82, 2.24) is 19.9 Å². The number of aryl methyl sites for hydroxylation is 1. The molecular formula is C33H29F3N6O5S. The number of sulfonamides is 1. The number of fused-ring (bicyclic) bond motifs is 1. The van der Waals surface area contributed by atoms with E-state index in [0.29, 0.717) is 47.7 Å². The average molecular weight is 679 g/mol. The third kappa shape index (κ3) is 6.95. The highest BCUT2D eigenvalue weighted by Crippen LogP contribution is 2.40. The molecular weight excluding hydrogens is 649 g/mol. The number of ether oxygens (including phenoxy) is 1. The minimum absolute atomic E-state index is 0.141. The lowest BCUT2D eigenvalue weighted by Crippen LogP contribution is -2.44. The maximum atomic E-state index is 15.2. The number of likely N-dealkylation sites (tertiary alicyclic amines) is 1. The zero-order valence-corrected chi connectivity index (χ0v) is 26.3. The molecule has 3 N–H and O–H groups in total. The second-order valence-corrected chi connectivity index (χ2v) is 12.9. The van der Waals surface area contributed by atoms with Crippen LogP contribution < -0.4 is 14.8 Å². The number of hydrogen-bond donors (Lipinski definition) is 3. The normalized spacial score (nSPS) is 14.9. The number of pyridine rings is 1. The van der Waals surface area contributed by atoms with Crippen LogP contribution in [0.25, 0.3) is 22.0 Å². The minimum Gasteiger partial charge on any atom is -0.465 e. The van der Waals surface area contributed by atoms with E-state index in [1.54, 1.807) is 37.4 Å². The molecule has 3 aromatic carbocycles. The van der Waals surface area contributed by atoms with Crippen molar-refractivity contribution in [2.75, 3.05) is 23.1 Å². The average Bonchev–Trinajstić information content (AvgIpc) is 3.06. The number of nitrogens with zero attached hydrogens (tertiary/aromatic N) is 4. The van der Waals surface area contributed by atoms with Crippen LogP contribution in [0.3, 0.4) is 0 Å². The Morgan fingerprint density at radius 3 is 2.52 bits per heavy atom. The molecule has 5 aromatic rings. The van der Waals surface area contributed by atoms with Crippen LogP contribution in [0.15, 0.2) is 73.1 Å². The van der Waals surface area contributed by atoms with Gasteiger partial charge in [-0.05, 0) is 67.8 Å². The van der Waals surface area contributed by atoms with Crippen molar-refractivity contribution in [1.29, 1.82) is 0 Å². The molecule has 1 aliphatic heterocycles. The Labute approximate surface area is 273 Å². The maximum Gasteiger partial charge on any atom is 0.407 e. The van der Waals surface area contributed by atoms with Gasteiger partial charge in [-0.2, -0.15) is 0 Å². The second-order valence-electron chi connectivity index (χ2n) is 11.2. The highest BCUT2D eigenvalue weighted by atomic mass is 32.2. The first-order valence-corrected chi connectivity index (χ1v) is 16.5. The molecule has 11 nitrogen and oxygen atoms in total. The molecule has 248 valence electrons. The van der Waals surface area contributed by atoms with E-state index >= 15 is 4.39 Å². The Balaban J connectivity index is 1.31. The zero-order valence-electron chi connectivity index (χ0n) is 25.5. The van der Waals surface area contributed by atoms with Crippen LogP contribution in [0.1, 0.15) is 24.0 Å². The predicted octanol–water partition coefficient (Wildman–Crippen LogP) is 6.71. The number of halogens is 3. The molecule has 1 amide bonds. The molecule has 0 radical (unpaired) electrons. The highest BCUT2D eigenvalue weighted by Gasteiger charge is 2.25. The first kappa shape index (κ1) is 32.5. The van der Waals surface area contributed by atoms with E-state index < -0.39 is 50.6 Å². The molecule has 1 atom stereocenters. The Morgan fingerprint density at radius 1 is 0.979 bits per heavy atom. The number of hydrogen-bond acceptors (Lipinski definition) is 8. The lowest BCUT2D eigenvalue weighted by molar-refractivity contribution is 0.132. The van der Waals surface area contributed by atoms with Gasteiger partial charge in [-0.25, -0.2) is 41.3 Å². The summed E-state index contributed by atoms with van der Waals surface area (Å²) in [5, 5.41) is 13.1. The van der Waals surface area contributed by atoms with Gasteiger partial charge in [0.05, 0.1) is 16.9 Å². The van der Waals surface area contributed by atoms with Crippen LogP contribution in [0.2, 0.25) is 0 Å². The Kier molecular flexibility index (Phi) is 9.04. The van der Waals surface area contributed by atoms with Gasteiger partial charge in [0.2, 0.25) is 21.9 Å². The van der Waals surface area contributed by atoms with Crippen LogP contribution in [0.5, 0.6) is 11.6 Å². The van der Waals surface area contributed by atoms with E-state index in [9.17, 15) is 27.1 Å². The summed E-state index contributed by atoms with van der Waals surface area (Å²) in [5.74, 6) is -3.33. The van der Waals surface area contributed by atoms with Crippen molar-refractivity contribution in [2.45, 2.75) is 31.6 Å². The highest BCUT2D eigenvalue weighted by molar-refractivity contribution is 7.91. The fraction of sp³-hybridized carbons (Fsp3) is 0.212. The summed E-state index contributed by atoms with van der Waals surface area (Å²) >= 11 is 0. The standard InChI is InChI=1S/C33H29F3N6O5S/c1-19-9-10-21-22(11-12-27(36)29(21)41-48(45,46)18-24-25(34)7-2-8-26(24)35)30(19)47-31-23(6-3-14-37-31)28-13-15-38-32(40-28)39-20-5-4-16-42(17-20)33(43)44/h2-3,6-15,20,41H,4-5,16-18H2,1H3,(H,43,44)(H,38,39,40)/t20-/m0/s1. The molecule has 1 aliphatic rings. The van der Waals surface area contributed by atoms with E-state index in [4.69, 9.17) is 4.74 Å². The van der Waals surface area contributed by atoms with Crippen LogP contribution in [0, 0.1) is 24.4 Å². The molecule has 1 fully saturated rings. The van der Waals surface area contributed by atoms with Gasteiger partial charge in [0.15, 0.2) is 0 Å². The van der Waals surface area contributed by atoms with Crippen molar-refractivity contribution >= 4 is 38.5 Å². The van der Waals surface area contributed by atoms with Gasteiger partial charge in [-0.15, -0.1) is 0 Å². The number of piperidine rings is 1. The molecule has 0 bridgehead atoms. The molecule has 0 spiro atoms. The van der Waals surface area contributed by atoms with Gasteiger partial charge in [0.25, 0.3) is 0 Å². The van der Waals surface area contributed by atoms with Crippen molar-refractivity contribution in [3.63, 3.8) is 0 Å². The molecule has 0 saturated carbocycles. The van der Waals surface area contributed by atoms with Gasteiger partial charge in [-0.3, -0.25) is 4.72 Å². The van der Waals surface area contributed by atoms with E-state index in [0.717, 1.165) is 30.7 Å². The Morgan fingerprint density at radius 2 is 1.75 bits per heavy atom. The monoisotopic (exact) mass is 678 g/mol. The topological polar surface area (TPSA) is 147 Å². The number of carboxylic acid groups (broad SMARTS) is 1. The van der Waals surface area contributed by atoms with Gasteiger partial charge >= 0.3 is 6.09 Å². The number of carbonyl (C=O) groups is 1. The summed E-state index contributed by atoms with van der Waals surface area (Å²) in [4.78, 5) is 26.1. The van der Waals surface area contributed by atoms with Crippen molar-refractivity contribution in [3.05, 3.63) is 102 Å². The van der Waals surface area contributed by atoms with E-state index in [1.165, 1.54) is 23.2 Å². The maximum absolute atomic E-state index is 15.2. The fourth-order valence-corrected chi connectivity index (χ4v) is 6.79. The lowest BCUT2D eigenvalue weighted by atomic mass is 10.0. The quantitative estimate of drug-likeness (QED) is 0.155. The predicted molar refractivity (Wildman–Crippen MR) is 173 cm³/mol. The van der Waals surface area contributed by atoms with Crippen molar-refractivity contribution in [3.8, 4) is 22.9 Å². The number of benzene rings is 3. The number of anilines is 2. The fourth-order valence-electron chi connectivity index (χ4n) is 5.54. The van der Waals surface area contributed by atoms with Crippen LogP contribution in [-0.4, -0.2) is 58.6 Å². The molecule has 1 saturated heterocycles. The zero-order chi connectivity index (χ0) is 34.0. The summed E-state index contributed by atoms with van der Waals surface area (Å²) in [5.41, 5.74) is 0.492. The summed E-state index contributed by atoms with van der Waals surface area (Å²) in [7, 11) is -4.47. The lowest BCUT2D eigenvalue weighted by Gasteiger charge is -2.31. The molecule has 0 aliphatic carbocycles. The molecule has 15 heteroatoms. The summed E-state index contributed by atoms with van der Waals surface area (Å²) in [6, 6.07) is 13.5. The van der Waals surface area contributed by atoms with E-state index in [-0.39, 0.29) is 23.1 Å². The van der Waals surface area contributed by atoms with Gasteiger partial charge in [0.1, 0.15) is 29.0 Å². The van der Waals surface area contributed by atoms with E-state index in [1.807, 2.05) is 0 Å². The van der Waals surface area contributed by atoms with Crippen LogP contribution >= 0.6 is 0 Å². The van der Waals surface area contributed by atoms with Crippen molar-refractivity contribution < 1.29 is 36.2 Å². The summed E-state index contributed by atoms with van der Waals surface area (Å²) in [6.07, 6.45) is 3.53. The van der Waals surface area contributed by atoms with Gasteiger partial charge in [-0.1, -0.05) is 18.2 Å². The third-order valence-corrected chi connectivity index (χ3v) is 9.06. The minimum atomic E-state index is -4.47. The largest absolute Gasteiger partial charge is 0.465 e. The Hall–Kier alpha value is -5.44. The number of amides is 1. The van der Waals surface area contributed by atoms with Crippen LogP contribution in [0.4, 0.5) is 29.6 Å². The summed E-state index contributed by atoms with van der Waals surface area (Å²) in [6.45, 7) is 2.51. The third-order valence-electron chi connectivity index (χ3n) is 7.88. The molecule has 48 heavy (non-hydrogen) atoms. The SMILES string of the molecule is Cc1ccc2c(NS(=O)(=O)Cc3c(F)cccc3F)c(F)ccc2c1Oc1ncccc1-c1ccnc(N[C@H]2CCCN(C(=O)O)C2)n1. The second kappa shape index (κ2) is 13.4.